The number of nitrogens with zero attached hydrogens (tertiary/aromatic N) is 2. The largest absolute Gasteiger partial charge is 0.478 e. The Kier molecular flexibility index (Phi) is 7.64. The number of aliphatic imine (C=N–C) groups is 1. The summed E-state index contributed by atoms with van der Waals surface area (Å²) in [5.41, 5.74) is 1.01. The second kappa shape index (κ2) is 8.99. The van der Waals surface area contributed by atoms with Crippen LogP contribution in [0.4, 0.5) is 0 Å². The number of aromatic nitrogens is 1. The lowest BCUT2D eigenvalue weighted by molar-refractivity contribution is 0.323. The van der Waals surface area contributed by atoms with Crippen LogP contribution in [0.3, 0.4) is 0 Å². The van der Waals surface area contributed by atoms with E-state index >= 15 is 0 Å². The van der Waals surface area contributed by atoms with E-state index in [1.807, 2.05) is 19.1 Å². The van der Waals surface area contributed by atoms with Gasteiger partial charge in [-0.2, -0.15) is 0 Å². The van der Waals surface area contributed by atoms with Gasteiger partial charge in [0.1, 0.15) is 0 Å². The van der Waals surface area contributed by atoms with Crippen molar-refractivity contribution in [3.05, 3.63) is 23.9 Å². The Morgan fingerprint density at radius 1 is 1.45 bits per heavy atom. The van der Waals surface area contributed by atoms with Crippen molar-refractivity contribution in [3.63, 3.8) is 0 Å². The molecule has 1 fully saturated rings. The summed E-state index contributed by atoms with van der Waals surface area (Å²) in [7, 11) is 0. The standard InChI is InChI=1S/C14H22N4O.HI/c1-3-15-14(18-12-7-8-12)17-10-11-6-5-9-16-13(11)19-4-2;/h5-6,9,12H,3-4,7-8,10H2,1-2H3,(H2,15,17,18);1H. The molecule has 1 aromatic heterocycles. The maximum atomic E-state index is 5.50. The van der Waals surface area contributed by atoms with Crippen LogP contribution in [0.25, 0.3) is 0 Å². The first kappa shape index (κ1) is 17.0. The maximum Gasteiger partial charge on any atom is 0.218 e. The third kappa shape index (κ3) is 5.52. The van der Waals surface area contributed by atoms with Crippen LogP contribution in [-0.2, 0) is 6.54 Å². The van der Waals surface area contributed by atoms with Crippen molar-refractivity contribution in [2.75, 3.05) is 13.2 Å². The molecule has 112 valence electrons. The van der Waals surface area contributed by atoms with E-state index in [0.29, 0.717) is 25.1 Å². The predicted octanol–water partition coefficient (Wildman–Crippen LogP) is 2.32. The van der Waals surface area contributed by atoms with Crippen LogP contribution in [0.1, 0.15) is 32.3 Å². The number of pyridine rings is 1. The van der Waals surface area contributed by atoms with Crippen LogP contribution in [0.2, 0.25) is 0 Å². The molecule has 0 saturated heterocycles. The molecule has 6 heteroatoms. The fourth-order valence-electron chi connectivity index (χ4n) is 1.72. The lowest BCUT2D eigenvalue weighted by Crippen LogP contribution is -2.38. The van der Waals surface area contributed by atoms with E-state index in [4.69, 9.17) is 4.74 Å². The second-order valence-corrected chi connectivity index (χ2v) is 4.51. The molecule has 0 aliphatic heterocycles. The van der Waals surface area contributed by atoms with Crippen LogP contribution < -0.4 is 15.4 Å². The SMILES string of the molecule is CCNC(=NCc1cccnc1OCC)NC1CC1.I. The van der Waals surface area contributed by atoms with Crippen LogP contribution in [0, 0.1) is 0 Å². The third-order valence-electron chi connectivity index (χ3n) is 2.80. The monoisotopic (exact) mass is 390 g/mol. The fraction of sp³-hybridized carbons (Fsp3) is 0.571. The van der Waals surface area contributed by atoms with Crippen molar-refractivity contribution < 1.29 is 4.74 Å². The number of halogens is 1. The van der Waals surface area contributed by atoms with E-state index in [9.17, 15) is 0 Å². The van der Waals surface area contributed by atoms with Crippen molar-refractivity contribution in [1.29, 1.82) is 0 Å². The van der Waals surface area contributed by atoms with E-state index in [2.05, 4.69) is 27.5 Å². The Hall–Kier alpha value is -1.05. The summed E-state index contributed by atoms with van der Waals surface area (Å²) < 4.78 is 5.50. The lowest BCUT2D eigenvalue weighted by Gasteiger charge is -2.11. The summed E-state index contributed by atoms with van der Waals surface area (Å²) in [5, 5.41) is 6.64. The molecule has 1 heterocycles. The van der Waals surface area contributed by atoms with Gasteiger partial charge in [-0.05, 0) is 32.8 Å². The van der Waals surface area contributed by atoms with Gasteiger partial charge in [-0.25, -0.2) is 9.98 Å². The van der Waals surface area contributed by atoms with Gasteiger partial charge in [0.2, 0.25) is 5.88 Å². The first-order valence-electron chi connectivity index (χ1n) is 6.95. The molecule has 1 aromatic rings. The molecule has 1 saturated carbocycles. The minimum absolute atomic E-state index is 0. The Morgan fingerprint density at radius 2 is 2.25 bits per heavy atom. The van der Waals surface area contributed by atoms with Crippen molar-refractivity contribution in [2.24, 2.45) is 4.99 Å². The predicted molar refractivity (Wildman–Crippen MR) is 91.8 cm³/mol. The average Bonchev–Trinajstić information content (AvgIpc) is 3.22. The molecule has 0 unspecified atom stereocenters. The zero-order valence-corrected chi connectivity index (χ0v) is 14.4. The van der Waals surface area contributed by atoms with Crippen LogP contribution in [0.15, 0.2) is 23.3 Å². The zero-order chi connectivity index (χ0) is 13.5. The first-order chi connectivity index (χ1) is 9.33. The highest BCUT2D eigenvalue weighted by Gasteiger charge is 2.22. The molecule has 2 N–H and O–H groups in total. The Balaban J connectivity index is 0.00000200. The van der Waals surface area contributed by atoms with Crippen molar-refractivity contribution in [2.45, 2.75) is 39.3 Å². The Labute approximate surface area is 137 Å². The zero-order valence-electron chi connectivity index (χ0n) is 12.1. The van der Waals surface area contributed by atoms with Gasteiger partial charge in [-0.15, -0.1) is 24.0 Å². The number of rotatable bonds is 6. The molecule has 0 amide bonds. The van der Waals surface area contributed by atoms with Crippen LogP contribution in [-0.4, -0.2) is 30.1 Å². The molecule has 0 radical (unpaired) electrons. The van der Waals surface area contributed by atoms with E-state index < -0.39 is 0 Å². The molecular formula is C14H23IN4O. The number of hydrogen-bond donors (Lipinski definition) is 2. The molecule has 2 rings (SSSR count). The molecular weight excluding hydrogens is 367 g/mol. The summed E-state index contributed by atoms with van der Waals surface area (Å²) in [6.07, 6.45) is 4.22. The second-order valence-electron chi connectivity index (χ2n) is 4.51. The molecule has 0 bridgehead atoms. The number of hydrogen-bond acceptors (Lipinski definition) is 3. The summed E-state index contributed by atoms with van der Waals surface area (Å²) in [5.74, 6) is 1.55. The summed E-state index contributed by atoms with van der Waals surface area (Å²) in [6.45, 7) is 6.09. The van der Waals surface area contributed by atoms with Gasteiger partial charge in [-0.1, -0.05) is 6.07 Å². The fourth-order valence-corrected chi connectivity index (χ4v) is 1.72. The molecule has 0 spiro atoms. The quantitative estimate of drug-likeness (QED) is 0.445. The van der Waals surface area contributed by atoms with Gasteiger partial charge in [0.25, 0.3) is 0 Å². The molecule has 0 atom stereocenters. The van der Waals surface area contributed by atoms with Crippen LogP contribution in [0.5, 0.6) is 5.88 Å². The summed E-state index contributed by atoms with van der Waals surface area (Å²) in [4.78, 5) is 8.81. The Bertz CT molecular complexity index is 435. The molecule has 0 aromatic carbocycles. The van der Waals surface area contributed by atoms with Crippen LogP contribution >= 0.6 is 24.0 Å². The van der Waals surface area contributed by atoms with Crippen molar-refractivity contribution in [3.8, 4) is 5.88 Å². The topological polar surface area (TPSA) is 58.5 Å². The third-order valence-corrected chi connectivity index (χ3v) is 2.80. The molecule has 1 aliphatic rings. The van der Waals surface area contributed by atoms with E-state index in [1.54, 1.807) is 6.20 Å². The minimum Gasteiger partial charge on any atom is -0.478 e. The van der Waals surface area contributed by atoms with E-state index in [0.717, 1.165) is 18.1 Å². The van der Waals surface area contributed by atoms with E-state index in [-0.39, 0.29) is 24.0 Å². The van der Waals surface area contributed by atoms with Gasteiger partial charge >= 0.3 is 0 Å². The number of guanidine groups is 1. The lowest BCUT2D eigenvalue weighted by atomic mass is 10.3. The van der Waals surface area contributed by atoms with Gasteiger partial charge in [0.05, 0.1) is 13.2 Å². The highest BCUT2D eigenvalue weighted by Crippen LogP contribution is 2.19. The maximum absolute atomic E-state index is 5.50. The molecule has 5 nitrogen and oxygen atoms in total. The van der Waals surface area contributed by atoms with Gasteiger partial charge < -0.3 is 15.4 Å². The normalized spacial score (nSPS) is 14.4. The highest BCUT2D eigenvalue weighted by atomic mass is 127. The number of nitrogens with one attached hydrogen (secondary N) is 2. The van der Waals surface area contributed by atoms with Gasteiger partial charge in [0, 0.05) is 24.3 Å². The van der Waals surface area contributed by atoms with E-state index in [1.165, 1.54) is 12.8 Å². The summed E-state index contributed by atoms with van der Waals surface area (Å²) in [6, 6.07) is 4.51. The minimum atomic E-state index is 0. The smallest absolute Gasteiger partial charge is 0.218 e. The average molecular weight is 390 g/mol. The van der Waals surface area contributed by atoms with Gasteiger partial charge in [-0.3, -0.25) is 0 Å². The van der Waals surface area contributed by atoms with Gasteiger partial charge in [0.15, 0.2) is 5.96 Å². The number of ether oxygens (including phenoxy) is 1. The molecule has 20 heavy (non-hydrogen) atoms. The van der Waals surface area contributed by atoms with Crippen molar-refractivity contribution in [1.82, 2.24) is 15.6 Å². The Morgan fingerprint density at radius 3 is 2.90 bits per heavy atom. The summed E-state index contributed by atoms with van der Waals surface area (Å²) >= 11 is 0. The van der Waals surface area contributed by atoms with Crippen molar-refractivity contribution >= 4 is 29.9 Å². The molecule has 1 aliphatic carbocycles. The first-order valence-corrected chi connectivity index (χ1v) is 6.95. The highest BCUT2D eigenvalue weighted by molar-refractivity contribution is 14.0.